The maximum absolute atomic E-state index is 2.41. The Hall–Kier alpha value is 0.0649. The second-order valence-corrected chi connectivity index (χ2v) is 4.99. The molecule has 1 aliphatic carbocycles. The maximum Gasteiger partial charge on any atom is 0.105 e. The zero-order valence-corrected chi connectivity index (χ0v) is 9.14. The molecule has 1 fully saturated rings. The first-order valence-electron chi connectivity index (χ1n) is 5.65. The van der Waals surface area contributed by atoms with Crippen molar-refractivity contribution < 1.29 is 0 Å². The molecule has 4 atom stereocenters. The van der Waals surface area contributed by atoms with E-state index in [0.29, 0.717) is 0 Å². The van der Waals surface area contributed by atoms with Crippen molar-refractivity contribution in [3.63, 3.8) is 0 Å². The van der Waals surface area contributed by atoms with Crippen molar-refractivity contribution in [2.75, 3.05) is 0 Å². The first kappa shape index (κ1) is 10.1. The zero-order valence-electron chi connectivity index (χ0n) is 9.14. The van der Waals surface area contributed by atoms with Gasteiger partial charge < -0.3 is 0 Å². The van der Waals surface area contributed by atoms with Gasteiger partial charge in [-0.15, -0.1) is 0 Å². The van der Waals surface area contributed by atoms with Crippen molar-refractivity contribution in [2.24, 2.45) is 17.8 Å². The first-order chi connectivity index (χ1) is 5.65. The lowest BCUT2D eigenvalue weighted by molar-refractivity contribution is 0.313. The highest BCUT2D eigenvalue weighted by atomic mass is 14.3. The van der Waals surface area contributed by atoms with Crippen LogP contribution in [0.4, 0.5) is 0 Å². The third-order valence-electron chi connectivity index (χ3n) is 3.67. The summed E-state index contributed by atoms with van der Waals surface area (Å²) in [4.78, 5) is 0. The molecule has 0 aliphatic heterocycles. The third-order valence-corrected chi connectivity index (χ3v) is 3.67. The second-order valence-electron chi connectivity index (χ2n) is 4.99. The highest BCUT2D eigenvalue weighted by molar-refractivity contribution is 6.11. The molecule has 0 bridgehead atoms. The van der Waals surface area contributed by atoms with Gasteiger partial charge in [0.2, 0.25) is 0 Å². The first-order valence-corrected chi connectivity index (χ1v) is 5.65. The van der Waals surface area contributed by atoms with E-state index in [1.165, 1.54) is 25.7 Å². The van der Waals surface area contributed by atoms with Gasteiger partial charge in [-0.2, -0.15) is 0 Å². The van der Waals surface area contributed by atoms with Gasteiger partial charge >= 0.3 is 0 Å². The van der Waals surface area contributed by atoms with Crippen molar-refractivity contribution in [1.82, 2.24) is 0 Å². The molecule has 0 saturated heterocycles. The number of rotatable bonds is 3. The summed E-state index contributed by atoms with van der Waals surface area (Å²) in [6, 6.07) is 0. The molecule has 0 amide bonds. The van der Waals surface area contributed by atoms with Crippen molar-refractivity contribution in [3.8, 4) is 0 Å². The minimum atomic E-state index is 0.894. The summed E-state index contributed by atoms with van der Waals surface area (Å²) in [6.07, 6.45) is 5.86. The summed E-state index contributed by atoms with van der Waals surface area (Å²) < 4.78 is 0. The van der Waals surface area contributed by atoms with E-state index in [-0.39, 0.29) is 0 Å². The zero-order chi connectivity index (χ0) is 9.14. The smallest absolute Gasteiger partial charge is 0.0695 e. The van der Waals surface area contributed by atoms with Crippen LogP contribution in [-0.4, -0.2) is 7.85 Å². The summed E-state index contributed by atoms with van der Waals surface area (Å²) in [6.45, 7) is 7.15. The van der Waals surface area contributed by atoms with Gasteiger partial charge in [0.15, 0.2) is 0 Å². The minimum absolute atomic E-state index is 0.894. The fraction of sp³-hybridized carbons (Fsp3) is 1.00. The Labute approximate surface area is 78.5 Å². The van der Waals surface area contributed by atoms with Crippen LogP contribution in [0, 0.1) is 17.8 Å². The van der Waals surface area contributed by atoms with Crippen molar-refractivity contribution in [1.29, 1.82) is 0 Å². The van der Waals surface area contributed by atoms with Crippen molar-refractivity contribution >= 4 is 7.85 Å². The maximum atomic E-state index is 2.41. The van der Waals surface area contributed by atoms with Crippen LogP contribution >= 0.6 is 0 Å². The Morgan fingerprint density at radius 3 is 2.42 bits per heavy atom. The normalized spacial score (nSPS) is 34.9. The molecule has 70 valence electrons. The molecule has 4 unspecified atom stereocenters. The van der Waals surface area contributed by atoms with Gasteiger partial charge in [0.1, 0.15) is 7.85 Å². The topological polar surface area (TPSA) is 0 Å². The van der Waals surface area contributed by atoms with Gasteiger partial charge in [0.25, 0.3) is 0 Å². The molecule has 1 saturated carbocycles. The largest absolute Gasteiger partial charge is 0.105 e. The molecule has 0 heterocycles. The molecule has 1 rings (SSSR count). The lowest BCUT2D eigenvalue weighted by atomic mass is 9.70. The monoisotopic (exact) mass is 166 g/mol. The Morgan fingerprint density at radius 2 is 2.08 bits per heavy atom. The van der Waals surface area contributed by atoms with E-state index in [1.54, 1.807) is 0 Å². The van der Waals surface area contributed by atoms with Gasteiger partial charge in [-0.25, -0.2) is 0 Å². The molecule has 12 heavy (non-hydrogen) atoms. The van der Waals surface area contributed by atoms with E-state index >= 15 is 0 Å². The van der Waals surface area contributed by atoms with Crippen LogP contribution in [0.3, 0.4) is 0 Å². The lowest BCUT2D eigenvalue weighted by Crippen LogP contribution is -2.15. The Morgan fingerprint density at radius 1 is 1.42 bits per heavy atom. The van der Waals surface area contributed by atoms with E-state index in [0.717, 1.165) is 23.6 Å². The fourth-order valence-electron chi connectivity index (χ4n) is 2.99. The molecule has 1 aliphatic rings. The van der Waals surface area contributed by atoms with Crippen LogP contribution in [0.5, 0.6) is 0 Å². The van der Waals surface area contributed by atoms with Crippen LogP contribution in [0.1, 0.15) is 46.5 Å². The SMILES string of the molecule is BC(C)C(CC)C1CCC(C)C1. The average Bonchev–Trinajstić information content (AvgIpc) is 2.37. The van der Waals surface area contributed by atoms with Crippen LogP contribution < -0.4 is 0 Å². The van der Waals surface area contributed by atoms with E-state index in [1.807, 2.05) is 0 Å². The molecule has 1 heteroatoms. The van der Waals surface area contributed by atoms with Crippen molar-refractivity contribution in [3.05, 3.63) is 0 Å². The van der Waals surface area contributed by atoms with Crippen LogP contribution in [0.25, 0.3) is 0 Å². The second kappa shape index (κ2) is 4.34. The number of hydrogen-bond acceptors (Lipinski definition) is 0. The van der Waals surface area contributed by atoms with Crippen LogP contribution in [0.2, 0.25) is 5.82 Å². The summed E-state index contributed by atoms with van der Waals surface area (Å²) in [7, 11) is 2.39. The Kier molecular flexibility index (Phi) is 3.67. The quantitative estimate of drug-likeness (QED) is 0.565. The summed E-state index contributed by atoms with van der Waals surface area (Å²) in [5.74, 6) is 3.94. The van der Waals surface area contributed by atoms with E-state index in [4.69, 9.17) is 0 Å². The molecule has 0 aromatic carbocycles. The highest BCUT2D eigenvalue weighted by Gasteiger charge is 2.28. The molecule has 0 radical (unpaired) electrons. The molecule has 0 nitrogen and oxygen atoms in total. The van der Waals surface area contributed by atoms with Gasteiger partial charge in [0.05, 0.1) is 0 Å². The average molecular weight is 166 g/mol. The van der Waals surface area contributed by atoms with Gasteiger partial charge in [-0.05, 0) is 30.6 Å². The Balaban J connectivity index is 2.44. The van der Waals surface area contributed by atoms with Crippen LogP contribution in [0.15, 0.2) is 0 Å². The molecule has 0 N–H and O–H groups in total. The predicted molar refractivity (Wildman–Crippen MR) is 58.3 cm³/mol. The number of hydrogen-bond donors (Lipinski definition) is 0. The minimum Gasteiger partial charge on any atom is -0.0695 e. The molecule has 0 aromatic rings. The van der Waals surface area contributed by atoms with Gasteiger partial charge in [-0.1, -0.05) is 39.4 Å². The van der Waals surface area contributed by atoms with Gasteiger partial charge in [-0.3, -0.25) is 0 Å². The highest BCUT2D eigenvalue weighted by Crippen LogP contribution is 2.40. The van der Waals surface area contributed by atoms with Gasteiger partial charge in [0, 0.05) is 0 Å². The molecular weight excluding hydrogens is 143 g/mol. The molecule has 0 aromatic heterocycles. The van der Waals surface area contributed by atoms with E-state index in [9.17, 15) is 0 Å². The fourth-order valence-corrected chi connectivity index (χ4v) is 2.99. The standard InChI is InChI=1S/C11H23B/c1-4-11(9(3)12)10-6-5-8(2)7-10/h8-11H,4-7,12H2,1-3H3. The van der Waals surface area contributed by atoms with Crippen molar-refractivity contribution in [2.45, 2.75) is 52.3 Å². The van der Waals surface area contributed by atoms with E-state index in [2.05, 4.69) is 28.6 Å². The molecule has 0 spiro atoms. The summed E-state index contributed by atoms with van der Waals surface area (Å²) in [5, 5.41) is 0. The summed E-state index contributed by atoms with van der Waals surface area (Å²) >= 11 is 0. The Bertz CT molecular complexity index is 131. The lowest BCUT2D eigenvalue weighted by Gasteiger charge is -2.26. The van der Waals surface area contributed by atoms with E-state index < -0.39 is 0 Å². The third kappa shape index (κ3) is 2.28. The summed E-state index contributed by atoms with van der Waals surface area (Å²) in [5.41, 5.74) is 0. The molecular formula is C11H23B. The predicted octanol–water partition coefficient (Wildman–Crippen LogP) is 2.89. The van der Waals surface area contributed by atoms with Crippen LogP contribution in [-0.2, 0) is 0 Å².